The second-order valence-corrected chi connectivity index (χ2v) is 10.2. The number of amides is 3. The van der Waals surface area contributed by atoms with Crippen LogP contribution in [0.1, 0.15) is 17.5 Å². The summed E-state index contributed by atoms with van der Waals surface area (Å²) < 4.78 is 27.5. The molecule has 1 N–H and O–H groups in total. The van der Waals surface area contributed by atoms with Crippen LogP contribution in [0, 0.1) is 6.92 Å². The maximum Gasteiger partial charge on any atom is 0.325 e. The summed E-state index contributed by atoms with van der Waals surface area (Å²) in [6, 6.07) is 15.5. The Bertz CT molecular complexity index is 1070. The number of carbonyl (C=O) groups is 2. The van der Waals surface area contributed by atoms with E-state index in [4.69, 9.17) is 0 Å². The molecule has 0 unspecified atom stereocenters. The summed E-state index contributed by atoms with van der Waals surface area (Å²) in [7, 11) is -3.57. The van der Waals surface area contributed by atoms with Gasteiger partial charge in [-0.25, -0.2) is 18.1 Å². The molecular formula is C23H28N4O4S. The van der Waals surface area contributed by atoms with Crippen LogP contribution in [0.15, 0.2) is 59.5 Å². The van der Waals surface area contributed by atoms with Crippen molar-refractivity contribution in [2.75, 3.05) is 32.8 Å². The third-order valence-corrected chi connectivity index (χ3v) is 7.85. The molecule has 8 nitrogen and oxygen atoms in total. The lowest BCUT2D eigenvalue weighted by molar-refractivity contribution is -0.128. The highest BCUT2D eigenvalue weighted by molar-refractivity contribution is 7.89. The van der Waals surface area contributed by atoms with E-state index in [1.54, 1.807) is 24.3 Å². The van der Waals surface area contributed by atoms with Crippen LogP contribution in [0.25, 0.3) is 0 Å². The number of hydrogen-bond donors (Lipinski definition) is 1. The number of aryl methyl sites for hydroxylation is 1. The summed E-state index contributed by atoms with van der Waals surface area (Å²) in [4.78, 5) is 28.8. The van der Waals surface area contributed by atoms with Crippen LogP contribution >= 0.6 is 0 Å². The van der Waals surface area contributed by atoms with Crippen LogP contribution in [0.4, 0.5) is 4.79 Å². The predicted molar refractivity (Wildman–Crippen MR) is 120 cm³/mol. The van der Waals surface area contributed by atoms with Crippen LogP contribution in [0.3, 0.4) is 0 Å². The fourth-order valence-electron chi connectivity index (χ4n) is 4.09. The molecule has 0 bridgehead atoms. The largest absolute Gasteiger partial charge is 0.325 e. The van der Waals surface area contributed by atoms with E-state index >= 15 is 0 Å². The normalized spacial score (nSPS) is 20.9. The predicted octanol–water partition coefficient (Wildman–Crippen LogP) is 1.81. The van der Waals surface area contributed by atoms with Gasteiger partial charge in [0.2, 0.25) is 10.0 Å². The Morgan fingerprint density at radius 2 is 1.66 bits per heavy atom. The van der Waals surface area contributed by atoms with Crippen molar-refractivity contribution < 1.29 is 18.0 Å². The molecule has 2 saturated heterocycles. The Hall–Kier alpha value is -2.75. The zero-order valence-electron chi connectivity index (χ0n) is 18.1. The van der Waals surface area contributed by atoms with Crippen molar-refractivity contribution in [1.29, 1.82) is 0 Å². The highest BCUT2D eigenvalue weighted by atomic mass is 32.2. The SMILES string of the molecule is Cc1ccc(S(=O)(=O)N2CCCN(CN3C(=O)N[C@@H](Cc4ccccc4)C3=O)CC2)cc1. The first-order valence-electron chi connectivity index (χ1n) is 10.8. The third-order valence-electron chi connectivity index (χ3n) is 5.94. The molecule has 0 spiro atoms. The van der Waals surface area contributed by atoms with E-state index in [1.807, 2.05) is 42.2 Å². The molecule has 3 amide bonds. The van der Waals surface area contributed by atoms with E-state index < -0.39 is 22.1 Å². The van der Waals surface area contributed by atoms with Crippen molar-refractivity contribution in [3.8, 4) is 0 Å². The number of carbonyl (C=O) groups excluding carboxylic acids is 2. The third kappa shape index (κ3) is 4.85. The molecule has 1 atom stereocenters. The van der Waals surface area contributed by atoms with E-state index in [-0.39, 0.29) is 17.5 Å². The first-order chi connectivity index (χ1) is 15.3. The van der Waals surface area contributed by atoms with E-state index in [0.717, 1.165) is 11.1 Å². The molecule has 0 aromatic heterocycles. The lowest BCUT2D eigenvalue weighted by Crippen LogP contribution is -2.43. The number of benzene rings is 2. The summed E-state index contributed by atoms with van der Waals surface area (Å²) in [5.74, 6) is -0.243. The van der Waals surface area contributed by atoms with Crippen molar-refractivity contribution in [2.24, 2.45) is 0 Å². The number of hydrogen-bond acceptors (Lipinski definition) is 5. The van der Waals surface area contributed by atoms with Gasteiger partial charge in [-0.2, -0.15) is 4.31 Å². The number of rotatable bonds is 6. The van der Waals surface area contributed by atoms with Crippen molar-refractivity contribution in [3.63, 3.8) is 0 Å². The highest BCUT2D eigenvalue weighted by Gasteiger charge is 2.39. The topological polar surface area (TPSA) is 90.0 Å². The summed E-state index contributed by atoms with van der Waals surface area (Å²) in [6.45, 7) is 3.86. The average molecular weight is 457 g/mol. The lowest BCUT2D eigenvalue weighted by Gasteiger charge is -2.25. The fraction of sp³-hybridized carbons (Fsp3) is 0.391. The quantitative estimate of drug-likeness (QED) is 0.670. The van der Waals surface area contributed by atoms with Gasteiger partial charge < -0.3 is 5.32 Å². The van der Waals surface area contributed by atoms with Crippen LogP contribution in [-0.4, -0.2) is 73.4 Å². The summed E-state index contributed by atoms with van der Waals surface area (Å²) in [5.41, 5.74) is 1.99. The minimum Gasteiger partial charge on any atom is -0.325 e. The molecule has 2 heterocycles. The molecule has 0 aliphatic carbocycles. The van der Waals surface area contributed by atoms with Crippen LogP contribution < -0.4 is 5.32 Å². The van der Waals surface area contributed by atoms with Crippen LogP contribution in [-0.2, 0) is 21.2 Å². The Morgan fingerprint density at radius 1 is 0.938 bits per heavy atom. The Labute approximate surface area is 188 Å². The molecule has 2 aliphatic rings. The maximum absolute atomic E-state index is 13.0. The van der Waals surface area contributed by atoms with Gasteiger partial charge in [0.1, 0.15) is 6.04 Å². The summed E-state index contributed by atoms with van der Waals surface area (Å²) in [6.07, 6.45) is 1.08. The van der Waals surface area contributed by atoms with Gasteiger partial charge in [0, 0.05) is 32.6 Å². The summed E-state index contributed by atoms with van der Waals surface area (Å²) >= 11 is 0. The minimum atomic E-state index is -3.57. The van der Waals surface area contributed by atoms with Gasteiger partial charge in [0.15, 0.2) is 0 Å². The maximum atomic E-state index is 13.0. The Balaban J connectivity index is 1.37. The van der Waals surface area contributed by atoms with Crippen molar-refractivity contribution in [2.45, 2.75) is 30.7 Å². The molecule has 2 aromatic carbocycles. The zero-order valence-corrected chi connectivity index (χ0v) is 18.9. The Morgan fingerprint density at radius 3 is 2.38 bits per heavy atom. The fourth-order valence-corrected chi connectivity index (χ4v) is 5.56. The molecule has 2 fully saturated rings. The van der Waals surface area contributed by atoms with E-state index in [9.17, 15) is 18.0 Å². The van der Waals surface area contributed by atoms with Gasteiger partial charge in [-0.1, -0.05) is 48.0 Å². The van der Waals surface area contributed by atoms with Crippen molar-refractivity contribution in [3.05, 3.63) is 65.7 Å². The Kier molecular flexibility index (Phi) is 6.59. The highest BCUT2D eigenvalue weighted by Crippen LogP contribution is 2.19. The molecule has 2 aromatic rings. The molecular weight excluding hydrogens is 428 g/mol. The van der Waals surface area contributed by atoms with Crippen molar-refractivity contribution in [1.82, 2.24) is 19.4 Å². The van der Waals surface area contributed by atoms with Gasteiger partial charge >= 0.3 is 6.03 Å². The van der Waals surface area contributed by atoms with Gasteiger partial charge in [-0.15, -0.1) is 0 Å². The van der Waals surface area contributed by atoms with E-state index in [0.29, 0.717) is 39.0 Å². The number of sulfonamides is 1. The van der Waals surface area contributed by atoms with Gasteiger partial charge in [0.05, 0.1) is 11.6 Å². The average Bonchev–Trinajstić information content (AvgIpc) is 2.94. The van der Waals surface area contributed by atoms with Crippen LogP contribution in [0.5, 0.6) is 0 Å². The second kappa shape index (κ2) is 9.40. The first kappa shape index (κ1) is 22.4. The molecule has 32 heavy (non-hydrogen) atoms. The van der Waals surface area contributed by atoms with Crippen molar-refractivity contribution >= 4 is 22.0 Å². The van der Waals surface area contributed by atoms with Gasteiger partial charge in [0.25, 0.3) is 5.91 Å². The van der Waals surface area contributed by atoms with E-state index in [1.165, 1.54) is 9.21 Å². The van der Waals surface area contributed by atoms with E-state index in [2.05, 4.69) is 5.32 Å². The molecule has 9 heteroatoms. The molecule has 0 saturated carbocycles. The molecule has 0 radical (unpaired) electrons. The standard InChI is InChI=1S/C23H28N4O4S/c1-18-8-10-20(11-9-18)32(30,31)26-13-5-12-25(14-15-26)17-27-22(28)21(24-23(27)29)16-19-6-3-2-4-7-19/h2-4,6-11,21H,5,12-17H2,1H3,(H,24,29)/t21-/m0/s1. The number of nitrogens with one attached hydrogen (secondary N) is 1. The zero-order chi connectivity index (χ0) is 22.7. The number of imide groups is 1. The van der Waals surface area contributed by atoms with Gasteiger partial charge in [-0.05, 0) is 31.0 Å². The number of nitrogens with zero attached hydrogens (tertiary/aromatic N) is 3. The summed E-state index contributed by atoms with van der Waals surface area (Å²) in [5, 5.41) is 2.77. The van der Waals surface area contributed by atoms with Crippen LogP contribution in [0.2, 0.25) is 0 Å². The molecule has 4 rings (SSSR count). The minimum absolute atomic E-state index is 0.161. The molecule has 170 valence electrons. The lowest BCUT2D eigenvalue weighted by atomic mass is 10.1. The number of urea groups is 1. The smallest absolute Gasteiger partial charge is 0.325 e. The molecule has 2 aliphatic heterocycles. The van der Waals surface area contributed by atoms with Gasteiger partial charge in [-0.3, -0.25) is 9.69 Å². The second-order valence-electron chi connectivity index (χ2n) is 8.29. The monoisotopic (exact) mass is 456 g/mol. The first-order valence-corrected chi connectivity index (χ1v) is 12.2.